The van der Waals surface area contributed by atoms with Crippen LogP contribution < -0.4 is 45.1 Å². The van der Waals surface area contributed by atoms with Crippen LogP contribution in [0.15, 0.2) is 47.3 Å². The number of aryl methyl sites for hydroxylation is 1. The Kier molecular flexibility index (Phi) is 9.42. The van der Waals surface area contributed by atoms with Crippen LogP contribution in [0, 0.1) is 0 Å². The largest absolute Gasteiger partial charge is 0.493 e. The SMILES string of the molecule is COc1cc2c(c(OC)c1OC)-c1ccc(NCCCC(=O)NCc3ccc4c(c3)OCO4)c(=O)cc1C(NC(C)=O)CC2. The van der Waals surface area contributed by atoms with Crippen molar-refractivity contribution >= 4 is 17.5 Å². The highest BCUT2D eigenvalue weighted by atomic mass is 16.7. The summed E-state index contributed by atoms with van der Waals surface area (Å²) in [7, 11) is 4.68. The number of hydrogen-bond donors (Lipinski definition) is 3. The Labute approximate surface area is 255 Å². The molecule has 0 saturated heterocycles. The van der Waals surface area contributed by atoms with Crippen molar-refractivity contribution in [3.63, 3.8) is 0 Å². The average molecular weight is 604 g/mol. The zero-order valence-corrected chi connectivity index (χ0v) is 25.3. The van der Waals surface area contributed by atoms with Gasteiger partial charge in [0, 0.05) is 32.0 Å². The molecule has 0 fully saturated rings. The van der Waals surface area contributed by atoms with Crippen molar-refractivity contribution in [1.82, 2.24) is 10.6 Å². The predicted octanol–water partition coefficient (Wildman–Crippen LogP) is 4.10. The number of methoxy groups -OCH3 is 3. The van der Waals surface area contributed by atoms with E-state index in [1.807, 2.05) is 30.3 Å². The van der Waals surface area contributed by atoms with Crippen LogP contribution >= 0.6 is 0 Å². The van der Waals surface area contributed by atoms with E-state index < -0.39 is 6.04 Å². The molecule has 0 bridgehead atoms. The van der Waals surface area contributed by atoms with Crippen LogP contribution in [0.2, 0.25) is 0 Å². The third kappa shape index (κ3) is 6.51. The Balaban J connectivity index is 1.33. The summed E-state index contributed by atoms with van der Waals surface area (Å²) in [6, 6.07) is 12.3. The van der Waals surface area contributed by atoms with Gasteiger partial charge in [0.25, 0.3) is 0 Å². The minimum Gasteiger partial charge on any atom is -0.493 e. The van der Waals surface area contributed by atoms with E-state index in [9.17, 15) is 14.4 Å². The van der Waals surface area contributed by atoms with Gasteiger partial charge in [-0.05, 0) is 71.8 Å². The molecule has 2 amide bonds. The zero-order chi connectivity index (χ0) is 31.2. The van der Waals surface area contributed by atoms with Crippen molar-refractivity contribution in [3.8, 4) is 39.9 Å². The van der Waals surface area contributed by atoms with Crippen molar-refractivity contribution in [3.05, 3.63) is 69.4 Å². The number of rotatable bonds is 11. The minimum atomic E-state index is -0.391. The first-order valence-electron chi connectivity index (χ1n) is 14.5. The molecule has 1 atom stereocenters. The molecule has 1 aliphatic heterocycles. The standard InChI is InChI=1S/C33H37N3O8/c1-19(37)36-24-10-8-21-15-29(40-2)32(41-3)33(42-4)31(21)22-9-11-25(26(38)16-23(22)24)34-13-5-6-30(39)35-17-20-7-12-27-28(14-20)44-18-43-27/h7,9,11-12,14-16,24H,5-6,8,10,13,17-18H2,1-4H3,(H,34,38)(H,35,39)(H,36,37). The lowest BCUT2D eigenvalue weighted by atomic mass is 9.95. The van der Waals surface area contributed by atoms with Gasteiger partial charge < -0.3 is 39.6 Å². The van der Waals surface area contributed by atoms with Crippen LogP contribution in [-0.2, 0) is 22.6 Å². The van der Waals surface area contributed by atoms with Crippen LogP contribution in [-0.4, -0.2) is 46.5 Å². The smallest absolute Gasteiger partial charge is 0.231 e. The van der Waals surface area contributed by atoms with E-state index in [4.69, 9.17) is 23.7 Å². The maximum atomic E-state index is 13.4. The number of nitrogens with one attached hydrogen (secondary N) is 3. The fourth-order valence-corrected chi connectivity index (χ4v) is 5.67. The second-order valence-corrected chi connectivity index (χ2v) is 10.6. The Morgan fingerprint density at radius 3 is 2.50 bits per heavy atom. The fourth-order valence-electron chi connectivity index (χ4n) is 5.67. The second-order valence-electron chi connectivity index (χ2n) is 10.6. The molecule has 5 rings (SSSR count). The summed E-state index contributed by atoms with van der Waals surface area (Å²) in [6.07, 6.45) is 2.00. The first kappa shape index (κ1) is 30.5. The van der Waals surface area contributed by atoms with Gasteiger partial charge in [0.2, 0.25) is 29.8 Å². The van der Waals surface area contributed by atoms with Crippen LogP contribution in [0.5, 0.6) is 28.7 Å². The zero-order valence-electron chi connectivity index (χ0n) is 25.3. The molecule has 1 unspecified atom stereocenters. The monoisotopic (exact) mass is 603 g/mol. The van der Waals surface area contributed by atoms with Gasteiger partial charge in [0.1, 0.15) is 0 Å². The molecular weight excluding hydrogens is 566 g/mol. The van der Waals surface area contributed by atoms with Crippen LogP contribution in [0.25, 0.3) is 11.1 Å². The third-order valence-electron chi connectivity index (χ3n) is 7.74. The molecule has 2 aliphatic rings. The highest BCUT2D eigenvalue weighted by Gasteiger charge is 2.29. The van der Waals surface area contributed by atoms with Crippen LogP contribution in [0.3, 0.4) is 0 Å². The summed E-state index contributed by atoms with van der Waals surface area (Å²) >= 11 is 0. The molecule has 0 radical (unpaired) electrons. The number of fused-ring (bicyclic) bond motifs is 4. The lowest BCUT2D eigenvalue weighted by Crippen LogP contribution is -2.26. The molecule has 3 N–H and O–H groups in total. The lowest BCUT2D eigenvalue weighted by molar-refractivity contribution is -0.121. The first-order valence-corrected chi connectivity index (χ1v) is 14.5. The summed E-state index contributed by atoms with van der Waals surface area (Å²) < 4.78 is 27.8. The molecule has 3 aromatic rings. The highest BCUT2D eigenvalue weighted by molar-refractivity contribution is 5.84. The van der Waals surface area contributed by atoms with Gasteiger partial charge in [0.15, 0.2) is 23.0 Å². The molecule has 232 valence electrons. The summed E-state index contributed by atoms with van der Waals surface area (Å²) in [5.74, 6) is 2.56. The third-order valence-corrected chi connectivity index (χ3v) is 7.74. The van der Waals surface area contributed by atoms with Gasteiger partial charge in [-0.25, -0.2) is 0 Å². The fraction of sp³-hybridized carbons (Fsp3) is 0.364. The average Bonchev–Trinajstić information content (AvgIpc) is 3.37. The molecule has 0 saturated carbocycles. The second kappa shape index (κ2) is 13.6. The van der Waals surface area contributed by atoms with Gasteiger partial charge in [-0.3, -0.25) is 14.4 Å². The Morgan fingerprint density at radius 2 is 1.75 bits per heavy atom. The van der Waals surface area contributed by atoms with Gasteiger partial charge in [0.05, 0.1) is 33.1 Å². The molecule has 1 heterocycles. The summed E-state index contributed by atoms with van der Waals surface area (Å²) in [5.41, 5.74) is 4.26. The van der Waals surface area contributed by atoms with E-state index >= 15 is 0 Å². The minimum absolute atomic E-state index is 0.0941. The molecular formula is C33H37N3O8. The molecule has 0 aromatic heterocycles. The number of benzene rings is 2. The molecule has 1 aliphatic carbocycles. The van der Waals surface area contributed by atoms with Crippen molar-refractivity contribution in [2.24, 2.45) is 0 Å². The van der Waals surface area contributed by atoms with Gasteiger partial charge in [-0.2, -0.15) is 0 Å². The Bertz CT molecular complexity index is 1620. The van der Waals surface area contributed by atoms with Gasteiger partial charge in [-0.1, -0.05) is 12.1 Å². The van der Waals surface area contributed by atoms with Crippen LogP contribution in [0.4, 0.5) is 5.69 Å². The Morgan fingerprint density at radius 1 is 0.955 bits per heavy atom. The number of carbonyl (C=O) groups is 2. The van der Waals surface area contributed by atoms with E-state index in [0.29, 0.717) is 72.4 Å². The molecule has 44 heavy (non-hydrogen) atoms. The summed E-state index contributed by atoms with van der Waals surface area (Å²) in [6.45, 7) is 2.46. The normalized spacial score (nSPS) is 14.4. The lowest BCUT2D eigenvalue weighted by Gasteiger charge is -2.19. The van der Waals surface area contributed by atoms with E-state index in [-0.39, 0.29) is 30.5 Å². The summed E-state index contributed by atoms with van der Waals surface area (Å²) in [5, 5.41) is 9.12. The maximum absolute atomic E-state index is 13.4. The van der Waals surface area contributed by atoms with Gasteiger partial charge in [-0.15, -0.1) is 0 Å². The summed E-state index contributed by atoms with van der Waals surface area (Å²) in [4.78, 5) is 38.1. The van der Waals surface area contributed by atoms with Crippen molar-refractivity contribution in [1.29, 1.82) is 0 Å². The first-order chi connectivity index (χ1) is 21.3. The predicted molar refractivity (Wildman–Crippen MR) is 165 cm³/mol. The number of amides is 2. The van der Waals surface area contributed by atoms with E-state index in [2.05, 4.69) is 16.0 Å². The number of carbonyl (C=O) groups excluding carboxylic acids is 2. The van der Waals surface area contributed by atoms with Crippen LogP contribution in [0.1, 0.15) is 48.9 Å². The quantitative estimate of drug-likeness (QED) is 0.277. The van der Waals surface area contributed by atoms with Crippen molar-refractivity contribution in [2.45, 2.75) is 45.2 Å². The van der Waals surface area contributed by atoms with E-state index in [0.717, 1.165) is 22.3 Å². The van der Waals surface area contributed by atoms with Crippen molar-refractivity contribution < 1.29 is 33.3 Å². The highest BCUT2D eigenvalue weighted by Crippen LogP contribution is 2.50. The Hall–Kier alpha value is -4.93. The number of anilines is 1. The van der Waals surface area contributed by atoms with E-state index in [1.54, 1.807) is 33.5 Å². The van der Waals surface area contributed by atoms with E-state index in [1.165, 1.54) is 6.92 Å². The molecule has 3 aromatic carbocycles. The topological polar surface area (TPSA) is 133 Å². The molecule has 0 spiro atoms. The van der Waals surface area contributed by atoms with Gasteiger partial charge >= 0.3 is 0 Å². The van der Waals surface area contributed by atoms with Crippen molar-refractivity contribution in [2.75, 3.05) is 40.0 Å². The molecule has 11 nitrogen and oxygen atoms in total. The number of hydrogen-bond acceptors (Lipinski definition) is 9. The number of ether oxygens (including phenoxy) is 5. The molecule has 11 heteroatoms. The maximum Gasteiger partial charge on any atom is 0.231 e.